The predicted molar refractivity (Wildman–Crippen MR) is 105 cm³/mol. The van der Waals surface area contributed by atoms with Crippen LogP contribution in [0.3, 0.4) is 0 Å². The Balaban J connectivity index is 1.29. The molecule has 0 fully saturated rings. The van der Waals surface area contributed by atoms with Crippen molar-refractivity contribution in [2.45, 2.75) is 26.6 Å². The number of aryl methyl sites for hydroxylation is 1. The third-order valence-corrected chi connectivity index (χ3v) is 4.52. The van der Waals surface area contributed by atoms with Crippen LogP contribution in [0.4, 0.5) is 0 Å². The molecule has 0 bridgehead atoms. The van der Waals surface area contributed by atoms with Crippen molar-refractivity contribution in [2.75, 3.05) is 6.79 Å². The molecule has 4 nitrogen and oxygen atoms in total. The average Bonchev–Trinajstić information content (AvgIpc) is 3.16. The smallest absolute Gasteiger partial charge is 0.231 e. The molecule has 0 unspecified atom stereocenters. The second-order valence-electron chi connectivity index (χ2n) is 6.71. The molecule has 138 valence electrons. The molecule has 27 heavy (non-hydrogen) atoms. The monoisotopic (exact) mass is 361 g/mol. The molecule has 1 heterocycles. The lowest BCUT2D eigenvalue weighted by atomic mass is 10.1. The fraction of sp³-hybridized carbons (Fsp3) is 0.217. The van der Waals surface area contributed by atoms with Gasteiger partial charge in [0, 0.05) is 13.1 Å². The minimum absolute atomic E-state index is 0.307. The number of rotatable bonds is 7. The quantitative estimate of drug-likeness (QED) is 0.668. The third-order valence-electron chi connectivity index (χ3n) is 4.52. The van der Waals surface area contributed by atoms with Gasteiger partial charge in [0.15, 0.2) is 11.5 Å². The summed E-state index contributed by atoms with van der Waals surface area (Å²) in [5, 5.41) is 3.46. The van der Waals surface area contributed by atoms with Crippen LogP contribution in [-0.4, -0.2) is 6.79 Å². The average molecular weight is 361 g/mol. The first-order valence-corrected chi connectivity index (χ1v) is 9.13. The van der Waals surface area contributed by atoms with Crippen molar-refractivity contribution in [1.29, 1.82) is 0 Å². The molecule has 3 aromatic carbocycles. The lowest BCUT2D eigenvalue weighted by molar-refractivity contribution is 0.174. The van der Waals surface area contributed by atoms with E-state index in [-0.39, 0.29) is 0 Å². The molecule has 0 saturated heterocycles. The first-order chi connectivity index (χ1) is 13.3. The van der Waals surface area contributed by atoms with Crippen molar-refractivity contribution < 1.29 is 14.2 Å². The molecule has 3 aromatic rings. The van der Waals surface area contributed by atoms with Crippen molar-refractivity contribution in [3.8, 4) is 17.2 Å². The van der Waals surface area contributed by atoms with E-state index in [1.807, 2.05) is 24.3 Å². The SMILES string of the molecule is Cc1ccc(COc2cccc(CNCc3ccc4c(c3)OCO4)c2)cc1. The number of fused-ring (bicyclic) bond motifs is 1. The van der Waals surface area contributed by atoms with Crippen LogP contribution in [0.1, 0.15) is 22.3 Å². The molecule has 4 heteroatoms. The maximum Gasteiger partial charge on any atom is 0.231 e. The van der Waals surface area contributed by atoms with E-state index in [4.69, 9.17) is 14.2 Å². The lowest BCUT2D eigenvalue weighted by Gasteiger charge is -2.10. The van der Waals surface area contributed by atoms with Crippen molar-refractivity contribution >= 4 is 0 Å². The number of benzene rings is 3. The van der Waals surface area contributed by atoms with Crippen LogP contribution in [-0.2, 0) is 19.7 Å². The van der Waals surface area contributed by atoms with E-state index < -0.39 is 0 Å². The Morgan fingerprint density at radius 3 is 2.41 bits per heavy atom. The maximum atomic E-state index is 5.93. The van der Waals surface area contributed by atoms with Gasteiger partial charge in [0.2, 0.25) is 6.79 Å². The molecule has 0 spiro atoms. The second-order valence-corrected chi connectivity index (χ2v) is 6.71. The summed E-state index contributed by atoms with van der Waals surface area (Å²) < 4.78 is 16.7. The molecule has 1 aliphatic heterocycles. The van der Waals surface area contributed by atoms with E-state index in [0.29, 0.717) is 13.4 Å². The highest BCUT2D eigenvalue weighted by molar-refractivity contribution is 5.44. The predicted octanol–water partition coefficient (Wildman–Crippen LogP) is 4.59. The van der Waals surface area contributed by atoms with Crippen LogP contribution in [0.15, 0.2) is 66.7 Å². The molecule has 0 radical (unpaired) electrons. The number of hydrogen-bond acceptors (Lipinski definition) is 4. The Morgan fingerprint density at radius 1 is 0.815 bits per heavy atom. The van der Waals surface area contributed by atoms with Gasteiger partial charge in [0.1, 0.15) is 12.4 Å². The molecule has 4 rings (SSSR count). The Morgan fingerprint density at radius 2 is 1.56 bits per heavy atom. The zero-order valence-electron chi connectivity index (χ0n) is 15.4. The first kappa shape index (κ1) is 17.4. The first-order valence-electron chi connectivity index (χ1n) is 9.13. The fourth-order valence-corrected chi connectivity index (χ4v) is 3.00. The Labute approximate surface area is 159 Å². The van der Waals surface area contributed by atoms with Crippen LogP contribution >= 0.6 is 0 Å². The van der Waals surface area contributed by atoms with Gasteiger partial charge in [-0.25, -0.2) is 0 Å². The number of hydrogen-bond donors (Lipinski definition) is 1. The van der Waals surface area contributed by atoms with Gasteiger partial charge in [-0.2, -0.15) is 0 Å². The van der Waals surface area contributed by atoms with Crippen molar-refractivity contribution in [3.05, 3.63) is 89.0 Å². The lowest BCUT2D eigenvalue weighted by Crippen LogP contribution is -2.12. The number of nitrogens with one attached hydrogen (secondary N) is 1. The Kier molecular flexibility index (Phi) is 5.26. The van der Waals surface area contributed by atoms with Crippen LogP contribution in [0.2, 0.25) is 0 Å². The van der Waals surface area contributed by atoms with Gasteiger partial charge in [0.25, 0.3) is 0 Å². The normalized spacial score (nSPS) is 12.2. The summed E-state index contributed by atoms with van der Waals surface area (Å²) in [6.45, 7) is 4.52. The van der Waals surface area contributed by atoms with E-state index in [1.54, 1.807) is 0 Å². The molecule has 0 saturated carbocycles. The highest BCUT2D eigenvalue weighted by Gasteiger charge is 2.12. The van der Waals surface area contributed by atoms with E-state index in [1.165, 1.54) is 22.3 Å². The van der Waals surface area contributed by atoms with Gasteiger partial charge in [-0.3, -0.25) is 0 Å². The molecule has 1 aliphatic rings. The zero-order chi connectivity index (χ0) is 18.5. The summed E-state index contributed by atoms with van der Waals surface area (Å²) in [7, 11) is 0. The summed E-state index contributed by atoms with van der Waals surface area (Å²) >= 11 is 0. The minimum atomic E-state index is 0.307. The number of ether oxygens (including phenoxy) is 3. The molecule has 0 atom stereocenters. The maximum absolute atomic E-state index is 5.93. The highest BCUT2D eigenvalue weighted by Crippen LogP contribution is 2.32. The highest BCUT2D eigenvalue weighted by atomic mass is 16.7. The summed E-state index contributed by atoms with van der Waals surface area (Å²) in [5.41, 5.74) is 4.80. The standard InChI is InChI=1S/C23H23NO3/c1-17-5-7-18(8-6-17)15-25-21-4-2-3-19(11-21)13-24-14-20-9-10-22-23(12-20)27-16-26-22/h2-12,24H,13-16H2,1H3. The molecule has 0 amide bonds. The summed E-state index contributed by atoms with van der Waals surface area (Å²) in [6.07, 6.45) is 0. The van der Waals surface area contributed by atoms with Gasteiger partial charge in [-0.1, -0.05) is 48.0 Å². The topological polar surface area (TPSA) is 39.7 Å². The van der Waals surface area contributed by atoms with E-state index in [9.17, 15) is 0 Å². The Bertz CT molecular complexity index is 906. The van der Waals surface area contributed by atoms with Crippen molar-refractivity contribution in [1.82, 2.24) is 5.32 Å². The molecule has 0 aliphatic carbocycles. The molecule has 0 aromatic heterocycles. The fourth-order valence-electron chi connectivity index (χ4n) is 3.00. The third kappa shape index (κ3) is 4.60. The molecular weight excluding hydrogens is 338 g/mol. The largest absolute Gasteiger partial charge is 0.489 e. The zero-order valence-corrected chi connectivity index (χ0v) is 15.4. The van der Waals surface area contributed by atoms with Crippen LogP contribution < -0.4 is 19.5 Å². The summed E-state index contributed by atoms with van der Waals surface area (Å²) in [4.78, 5) is 0. The minimum Gasteiger partial charge on any atom is -0.489 e. The molecule has 1 N–H and O–H groups in total. The van der Waals surface area contributed by atoms with Gasteiger partial charge in [-0.05, 0) is 47.9 Å². The van der Waals surface area contributed by atoms with Crippen LogP contribution in [0.25, 0.3) is 0 Å². The van der Waals surface area contributed by atoms with Crippen LogP contribution in [0.5, 0.6) is 17.2 Å². The van der Waals surface area contributed by atoms with Crippen LogP contribution in [0, 0.1) is 6.92 Å². The van der Waals surface area contributed by atoms with E-state index in [0.717, 1.165) is 30.3 Å². The Hall–Kier alpha value is -2.98. The summed E-state index contributed by atoms with van der Waals surface area (Å²) in [5.74, 6) is 2.52. The van der Waals surface area contributed by atoms with Crippen molar-refractivity contribution in [3.63, 3.8) is 0 Å². The molecular formula is C23H23NO3. The summed E-state index contributed by atoms with van der Waals surface area (Å²) in [6, 6.07) is 22.7. The van der Waals surface area contributed by atoms with E-state index in [2.05, 4.69) is 54.7 Å². The van der Waals surface area contributed by atoms with Gasteiger partial charge in [-0.15, -0.1) is 0 Å². The second kappa shape index (κ2) is 8.14. The van der Waals surface area contributed by atoms with Gasteiger partial charge in [0.05, 0.1) is 0 Å². The van der Waals surface area contributed by atoms with Gasteiger partial charge < -0.3 is 19.5 Å². The van der Waals surface area contributed by atoms with Gasteiger partial charge >= 0.3 is 0 Å². The van der Waals surface area contributed by atoms with Crippen molar-refractivity contribution in [2.24, 2.45) is 0 Å². The van der Waals surface area contributed by atoms with E-state index >= 15 is 0 Å².